The number of hydrogen-bond acceptors (Lipinski definition) is 3. The van der Waals surface area contributed by atoms with Gasteiger partial charge in [0.25, 0.3) is 0 Å². The molecule has 0 aromatic rings. The molecular weight excluding hydrogens is 176 g/mol. The standard InChI is InChI=1S/C11H24N2O/c1-3-10(4-2)11(13-12)7-9-5-6-14-8-9/h9-11,13H,3-8,12H2,1-2H3. The van der Waals surface area contributed by atoms with Crippen molar-refractivity contribution in [2.45, 2.75) is 45.6 Å². The van der Waals surface area contributed by atoms with Crippen molar-refractivity contribution < 1.29 is 4.74 Å². The Morgan fingerprint density at radius 3 is 2.57 bits per heavy atom. The van der Waals surface area contributed by atoms with Crippen molar-refractivity contribution in [3.63, 3.8) is 0 Å². The highest BCUT2D eigenvalue weighted by Gasteiger charge is 2.24. The molecule has 14 heavy (non-hydrogen) atoms. The molecule has 3 nitrogen and oxygen atoms in total. The molecule has 2 atom stereocenters. The van der Waals surface area contributed by atoms with Crippen LogP contribution in [0.4, 0.5) is 0 Å². The zero-order valence-corrected chi connectivity index (χ0v) is 9.46. The second-order valence-electron chi connectivity index (χ2n) is 4.32. The molecule has 1 rings (SSSR count). The van der Waals surface area contributed by atoms with Crippen LogP contribution in [0.2, 0.25) is 0 Å². The predicted octanol–water partition coefficient (Wildman–Crippen LogP) is 1.68. The largest absolute Gasteiger partial charge is 0.381 e. The fourth-order valence-electron chi connectivity index (χ4n) is 2.38. The topological polar surface area (TPSA) is 47.3 Å². The number of ether oxygens (including phenoxy) is 1. The third kappa shape index (κ3) is 3.23. The van der Waals surface area contributed by atoms with Crippen molar-refractivity contribution in [3.8, 4) is 0 Å². The van der Waals surface area contributed by atoms with Crippen molar-refractivity contribution in [1.82, 2.24) is 5.43 Å². The number of nitrogens with one attached hydrogen (secondary N) is 1. The van der Waals surface area contributed by atoms with Crippen LogP contribution in [-0.2, 0) is 4.74 Å². The zero-order valence-electron chi connectivity index (χ0n) is 9.46. The van der Waals surface area contributed by atoms with Crippen LogP contribution in [0.5, 0.6) is 0 Å². The Morgan fingerprint density at radius 2 is 2.14 bits per heavy atom. The van der Waals surface area contributed by atoms with E-state index in [9.17, 15) is 0 Å². The van der Waals surface area contributed by atoms with Gasteiger partial charge >= 0.3 is 0 Å². The number of nitrogens with two attached hydrogens (primary N) is 1. The van der Waals surface area contributed by atoms with Crippen molar-refractivity contribution in [3.05, 3.63) is 0 Å². The second-order valence-corrected chi connectivity index (χ2v) is 4.32. The molecule has 0 aliphatic carbocycles. The lowest BCUT2D eigenvalue weighted by Crippen LogP contribution is -2.42. The van der Waals surface area contributed by atoms with Gasteiger partial charge in [-0.15, -0.1) is 0 Å². The van der Waals surface area contributed by atoms with E-state index in [1.165, 1.54) is 25.7 Å². The maximum absolute atomic E-state index is 5.61. The van der Waals surface area contributed by atoms with Crippen LogP contribution in [0, 0.1) is 11.8 Å². The maximum atomic E-state index is 5.61. The fourth-order valence-corrected chi connectivity index (χ4v) is 2.38. The van der Waals surface area contributed by atoms with Crippen molar-refractivity contribution in [2.24, 2.45) is 17.7 Å². The average Bonchev–Trinajstić information content (AvgIpc) is 2.70. The summed E-state index contributed by atoms with van der Waals surface area (Å²) in [5, 5.41) is 0. The van der Waals surface area contributed by atoms with Gasteiger partial charge in [-0.1, -0.05) is 26.7 Å². The van der Waals surface area contributed by atoms with E-state index >= 15 is 0 Å². The smallest absolute Gasteiger partial charge is 0.0495 e. The Kier molecular flexibility index (Phi) is 5.45. The van der Waals surface area contributed by atoms with Crippen LogP contribution in [0.25, 0.3) is 0 Å². The van der Waals surface area contributed by atoms with Gasteiger partial charge in [-0.2, -0.15) is 0 Å². The molecule has 2 unspecified atom stereocenters. The lowest BCUT2D eigenvalue weighted by atomic mass is 9.87. The molecule has 3 N–H and O–H groups in total. The normalized spacial score (nSPS) is 24.4. The van der Waals surface area contributed by atoms with Gasteiger partial charge in [0.15, 0.2) is 0 Å². The highest BCUT2D eigenvalue weighted by Crippen LogP contribution is 2.23. The van der Waals surface area contributed by atoms with Crippen LogP contribution in [-0.4, -0.2) is 19.3 Å². The summed E-state index contributed by atoms with van der Waals surface area (Å²) < 4.78 is 5.38. The van der Waals surface area contributed by atoms with E-state index in [1.807, 2.05) is 0 Å². The quantitative estimate of drug-likeness (QED) is 0.506. The Hall–Kier alpha value is -0.120. The van der Waals surface area contributed by atoms with Gasteiger partial charge in [-0.05, 0) is 24.7 Å². The summed E-state index contributed by atoms with van der Waals surface area (Å²) in [4.78, 5) is 0. The van der Waals surface area contributed by atoms with Crippen LogP contribution >= 0.6 is 0 Å². The molecule has 0 bridgehead atoms. The van der Waals surface area contributed by atoms with Gasteiger partial charge in [0.1, 0.15) is 0 Å². The van der Waals surface area contributed by atoms with E-state index < -0.39 is 0 Å². The predicted molar refractivity (Wildman–Crippen MR) is 58.7 cm³/mol. The summed E-state index contributed by atoms with van der Waals surface area (Å²) in [5.41, 5.74) is 2.98. The number of rotatable bonds is 6. The first-order chi connectivity index (χ1) is 6.81. The van der Waals surface area contributed by atoms with Gasteiger partial charge < -0.3 is 4.74 Å². The van der Waals surface area contributed by atoms with Crippen LogP contribution in [0.3, 0.4) is 0 Å². The maximum Gasteiger partial charge on any atom is 0.0495 e. The van der Waals surface area contributed by atoms with Gasteiger partial charge in [-0.3, -0.25) is 11.3 Å². The molecule has 0 aromatic carbocycles. The minimum absolute atomic E-state index is 0.469. The molecule has 1 saturated heterocycles. The molecule has 0 radical (unpaired) electrons. The van der Waals surface area contributed by atoms with Crippen LogP contribution < -0.4 is 11.3 Å². The first-order valence-corrected chi connectivity index (χ1v) is 5.85. The van der Waals surface area contributed by atoms with Crippen LogP contribution in [0.15, 0.2) is 0 Å². The third-order valence-corrected chi connectivity index (χ3v) is 3.44. The van der Waals surface area contributed by atoms with Gasteiger partial charge in [-0.25, -0.2) is 0 Å². The molecule has 1 aliphatic heterocycles. The first-order valence-electron chi connectivity index (χ1n) is 5.85. The first kappa shape index (κ1) is 12.0. The average molecular weight is 200 g/mol. The van der Waals surface area contributed by atoms with Gasteiger partial charge in [0, 0.05) is 19.3 Å². The minimum atomic E-state index is 0.469. The van der Waals surface area contributed by atoms with Crippen molar-refractivity contribution in [1.29, 1.82) is 0 Å². The van der Waals surface area contributed by atoms with E-state index in [4.69, 9.17) is 10.6 Å². The summed E-state index contributed by atoms with van der Waals surface area (Å²) in [6.45, 7) is 6.34. The minimum Gasteiger partial charge on any atom is -0.381 e. The lowest BCUT2D eigenvalue weighted by molar-refractivity contribution is 0.176. The van der Waals surface area contributed by atoms with E-state index in [0.717, 1.165) is 19.1 Å². The summed E-state index contributed by atoms with van der Waals surface area (Å²) in [6, 6.07) is 0.469. The molecule has 3 heteroatoms. The molecule has 0 saturated carbocycles. The molecule has 84 valence electrons. The summed E-state index contributed by atoms with van der Waals surface area (Å²) >= 11 is 0. The van der Waals surface area contributed by atoms with Crippen molar-refractivity contribution in [2.75, 3.05) is 13.2 Å². The highest BCUT2D eigenvalue weighted by atomic mass is 16.5. The fraction of sp³-hybridized carbons (Fsp3) is 1.00. The van der Waals surface area contributed by atoms with Crippen LogP contribution in [0.1, 0.15) is 39.5 Å². The molecule has 1 heterocycles. The Morgan fingerprint density at radius 1 is 1.43 bits per heavy atom. The molecule has 1 aliphatic rings. The number of hydrogen-bond donors (Lipinski definition) is 2. The SMILES string of the molecule is CCC(CC)C(CC1CCOC1)NN. The zero-order chi connectivity index (χ0) is 10.4. The molecule has 0 spiro atoms. The Balaban J connectivity index is 2.35. The van der Waals surface area contributed by atoms with Crippen molar-refractivity contribution >= 4 is 0 Å². The van der Waals surface area contributed by atoms with E-state index in [0.29, 0.717) is 12.0 Å². The highest BCUT2D eigenvalue weighted by molar-refractivity contribution is 4.77. The Labute approximate surface area is 87.4 Å². The lowest BCUT2D eigenvalue weighted by Gasteiger charge is -2.26. The molecule has 1 fully saturated rings. The van der Waals surface area contributed by atoms with Gasteiger partial charge in [0.2, 0.25) is 0 Å². The summed E-state index contributed by atoms with van der Waals surface area (Å²) in [6.07, 6.45) is 4.79. The second kappa shape index (κ2) is 6.38. The van der Waals surface area contributed by atoms with E-state index in [1.54, 1.807) is 0 Å². The summed E-state index contributed by atoms with van der Waals surface area (Å²) in [7, 11) is 0. The third-order valence-electron chi connectivity index (χ3n) is 3.44. The van der Waals surface area contributed by atoms with E-state index in [-0.39, 0.29) is 0 Å². The molecular formula is C11H24N2O. The van der Waals surface area contributed by atoms with E-state index in [2.05, 4.69) is 19.3 Å². The monoisotopic (exact) mass is 200 g/mol. The van der Waals surface area contributed by atoms with Gasteiger partial charge in [0.05, 0.1) is 0 Å². The Bertz CT molecular complexity index is 142. The summed E-state index contributed by atoms with van der Waals surface area (Å²) in [5.74, 6) is 7.04. The number of hydrazine groups is 1. The molecule has 0 aromatic heterocycles. The molecule has 0 amide bonds.